The smallest absolute Gasteiger partial charge is 0.0369 e. The summed E-state index contributed by atoms with van der Waals surface area (Å²) in [5.41, 5.74) is 4.29. The van der Waals surface area contributed by atoms with Gasteiger partial charge in [-0.2, -0.15) is 0 Å². The molecular formula is C17H26N2. The predicted octanol–water partition coefficient (Wildman–Crippen LogP) is 3.34. The number of nitrogens with one attached hydrogen (secondary N) is 1. The molecule has 1 saturated heterocycles. The first-order valence-corrected chi connectivity index (χ1v) is 7.71. The standard InChI is InChI=1S/C17H26N2/c1-12-8-17(19-10-13(2)14(3)11-19)7-4-15(12)9-18-16-5-6-16/h4,7-8,13-14,16,18H,5-6,9-11H2,1-3H3. The van der Waals surface area contributed by atoms with Crippen LogP contribution in [0.2, 0.25) is 0 Å². The third-order valence-corrected chi connectivity index (χ3v) is 4.84. The lowest BCUT2D eigenvalue weighted by Gasteiger charge is -2.20. The third kappa shape index (κ3) is 2.94. The molecule has 2 atom stereocenters. The van der Waals surface area contributed by atoms with E-state index >= 15 is 0 Å². The predicted molar refractivity (Wildman–Crippen MR) is 81.6 cm³/mol. The zero-order valence-corrected chi connectivity index (χ0v) is 12.4. The molecule has 1 N–H and O–H groups in total. The Morgan fingerprint density at radius 2 is 1.84 bits per heavy atom. The van der Waals surface area contributed by atoms with E-state index in [2.05, 4.69) is 49.2 Å². The topological polar surface area (TPSA) is 15.3 Å². The quantitative estimate of drug-likeness (QED) is 0.891. The highest BCUT2D eigenvalue weighted by Crippen LogP contribution is 2.29. The van der Waals surface area contributed by atoms with Crippen LogP contribution in [0.3, 0.4) is 0 Å². The molecule has 2 aliphatic rings. The van der Waals surface area contributed by atoms with Crippen molar-refractivity contribution in [3.63, 3.8) is 0 Å². The van der Waals surface area contributed by atoms with Crippen LogP contribution in [0.4, 0.5) is 5.69 Å². The average molecular weight is 258 g/mol. The molecule has 1 heterocycles. The Labute approximate surface area is 117 Å². The molecule has 1 aromatic carbocycles. The first kappa shape index (κ1) is 13.0. The highest BCUT2D eigenvalue weighted by molar-refractivity contribution is 5.51. The lowest BCUT2D eigenvalue weighted by molar-refractivity contribution is 0.494. The van der Waals surface area contributed by atoms with E-state index in [1.165, 1.54) is 42.7 Å². The lowest BCUT2D eigenvalue weighted by atomic mass is 10.0. The molecule has 0 radical (unpaired) electrons. The van der Waals surface area contributed by atoms with Crippen LogP contribution in [-0.2, 0) is 6.54 Å². The molecule has 1 aliphatic carbocycles. The molecule has 104 valence electrons. The van der Waals surface area contributed by atoms with Crippen molar-refractivity contribution in [2.24, 2.45) is 11.8 Å². The molecule has 1 aliphatic heterocycles. The van der Waals surface area contributed by atoms with Gasteiger partial charge >= 0.3 is 0 Å². The number of benzene rings is 1. The van der Waals surface area contributed by atoms with Gasteiger partial charge in [0.1, 0.15) is 0 Å². The maximum atomic E-state index is 3.60. The minimum Gasteiger partial charge on any atom is -0.371 e. The fourth-order valence-electron chi connectivity index (χ4n) is 2.96. The summed E-state index contributed by atoms with van der Waals surface area (Å²) in [7, 11) is 0. The molecule has 2 unspecified atom stereocenters. The summed E-state index contributed by atoms with van der Waals surface area (Å²) in [5, 5.41) is 3.60. The fraction of sp³-hybridized carbons (Fsp3) is 0.647. The SMILES string of the molecule is Cc1cc(N2CC(C)C(C)C2)ccc1CNC1CC1. The second-order valence-corrected chi connectivity index (χ2v) is 6.63. The molecule has 2 nitrogen and oxygen atoms in total. The molecule has 0 aromatic heterocycles. The monoisotopic (exact) mass is 258 g/mol. The molecule has 0 amide bonds. The van der Waals surface area contributed by atoms with Gasteiger partial charge in [-0.3, -0.25) is 0 Å². The Morgan fingerprint density at radius 1 is 1.16 bits per heavy atom. The Balaban J connectivity index is 1.68. The minimum atomic E-state index is 0.791. The molecule has 19 heavy (non-hydrogen) atoms. The van der Waals surface area contributed by atoms with Gasteiger partial charge in [0, 0.05) is 31.4 Å². The molecule has 1 saturated carbocycles. The van der Waals surface area contributed by atoms with E-state index in [-0.39, 0.29) is 0 Å². The van der Waals surface area contributed by atoms with Crippen LogP contribution in [0.25, 0.3) is 0 Å². The first-order chi connectivity index (χ1) is 9.13. The summed E-state index contributed by atoms with van der Waals surface area (Å²) in [4.78, 5) is 2.54. The summed E-state index contributed by atoms with van der Waals surface area (Å²) < 4.78 is 0. The van der Waals surface area contributed by atoms with Gasteiger partial charge in [-0.15, -0.1) is 0 Å². The van der Waals surface area contributed by atoms with Crippen LogP contribution in [0, 0.1) is 18.8 Å². The first-order valence-electron chi connectivity index (χ1n) is 7.71. The summed E-state index contributed by atoms with van der Waals surface area (Å²) in [5.74, 6) is 1.63. The Bertz CT molecular complexity index is 441. The van der Waals surface area contributed by atoms with E-state index in [9.17, 15) is 0 Å². The van der Waals surface area contributed by atoms with E-state index in [4.69, 9.17) is 0 Å². The normalized spacial score (nSPS) is 27.0. The van der Waals surface area contributed by atoms with Gasteiger partial charge in [0.25, 0.3) is 0 Å². The fourth-order valence-corrected chi connectivity index (χ4v) is 2.96. The van der Waals surface area contributed by atoms with E-state index in [1.807, 2.05) is 0 Å². The summed E-state index contributed by atoms with van der Waals surface area (Å²) in [6.45, 7) is 10.4. The molecule has 1 aromatic rings. The second kappa shape index (κ2) is 5.16. The van der Waals surface area contributed by atoms with E-state index in [1.54, 1.807) is 0 Å². The van der Waals surface area contributed by atoms with E-state index in [0.717, 1.165) is 24.4 Å². The van der Waals surface area contributed by atoms with Crippen molar-refractivity contribution >= 4 is 5.69 Å². The van der Waals surface area contributed by atoms with Crippen LogP contribution in [0.1, 0.15) is 37.8 Å². The van der Waals surface area contributed by atoms with Gasteiger partial charge in [0.2, 0.25) is 0 Å². The van der Waals surface area contributed by atoms with Crippen molar-refractivity contribution in [2.45, 2.75) is 46.2 Å². The highest BCUT2D eigenvalue weighted by Gasteiger charge is 2.26. The Hall–Kier alpha value is -1.02. The van der Waals surface area contributed by atoms with Gasteiger partial charge in [0.15, 0.2) is 0 Å². The number of nitrogens with zero attached hydrogens (tertiary/aromatic N) is 1. The maximum Gasteiger partial charge on any atom is 0.0369 e. The van der Waals surface area contributed by atoms with Gasteiger partial charge in [-0.25, -0.2) is 0 Å². The van der Waals surface area contributed by atoms with Crippen LogP contribution >= 0.6 is 0 Å². The number of aryl methyl sites for hydroxylation is 1. The summed E-state index contributed by atoms with van der Waals surface area (Å²) in [6, 6.07) is 7.78. The summed E-state index contributed by atoms with van der Waals surface area (Å²) >= 11 is 0. The van der Waals surface area contributed by atoms with Gasteiger partial charge < -0.3 is 10.2 Å². The molecule has 3 rings (SSSR count). The lowest BCUT2D eigenvalue weighted by Crippen LogP contribution is -2.20. The summed E-state index contributed by atoms with van der Waals surface area (Å²) in [6.07, 6.45) is 2.72. The van der Waals surface area contributed by atoms with Crippen LogP contribution in [-0.4, -0.2) is 19.1 Å². The van der Waals surface area contributed by atoms with Crippen LogP contribution in [0.5, 0.6) is 0 Å². The Kier molecular flexibility index (Phi) is 3.53. The van der Waals surface area contributed by atoms with Crippen molar-refractivity contribution in [3.05, 3.63) is 29.3 Å². The van der Waals surface area contributed by atoms with Crippen molar-refractivity contribution in [1.82, 2.24) is 5.32 Å². The van der Waals surface area contributed by atoms with Crippen molar-refractivity contribution in [3.8, 4) is 0 Å². The number of hydrogen-bond acceptors (Lipinski definition) is 2. The van der Waals surface area contributed by atoms with Gasteiger partial charge in [-0.1, -0.05) is 19.9 Å². The Morgan fingerprint density at radius 3 is 2.42 bits per heavy atom. The molecular weight excluding hydrogens is 232 g/mol. The number of anilines is 1. The number of hydrogen-bond donors (Lipinski definition) is 1. The zero-order chi connectivity index (χ0) is 13.4. The van der Waals surface area contributed by atoms with Gasteiger partial charge in [0.05, 0.1) is 0 Å². The van der Waals surface area contributed by atoms with Crippen LogP contribution < -0.4 is 10.2 Å². The van der Waals surface area contributed by atoms with Crippen molar-refractivity contribution in [2.75, 3.05) is 18.0 Å². The highest BCUT2D eigenvalue weighted by atomic mass is 15.2. The van der Waals surface area contributed by atoms with Crippen molar-refractivity contribution in [1.29, 1.82) is 0 Å². The molecule has 0 bridgehead atoms. The van der Waals surface area contributed by atoms with Crippen molar-refractivity contribution < 1.29 is 0 Å². The van der Waals surface area contributed by atoms with Gasteiger partial charge in [-0.05, 0) is 54.9 Å². The second-order valence-electron chi connectivity index (χ2n) is 6.63. The average Bonchev–Trinajstić information content (AvgIpc) is 3.14. The van der Waals surface area contributed by atoms with Crippen LogP contribution in [0.15, 0.2) is 18.2 Å². The van der Waals surface area contributed by atoms with E-state index < -0.39 is 0 Å². The maximum absolute atomic E-state index is 3.60. The minimum absolute atomic E-state index is 0.791. The largest absolute Gasteiger partial charge is 0.371 e. The molecule has 2 fully saturated rings. The third-order valence-electron chi connectivity index (χ3n) is 4.84. The molecule has 2 heteroatoms. The van der Waals surface area contributed by atoms with E-state index in [0.29, 0.717) is 0 Å². The molecule has 0 spiro atoms. The zero-order valence-electron chi connectivity index (χ0n) is 12.4. The number of rotatable bonds is 4.